The molecule has 5 nitrogen and oxygen atoms in total. The Kier molecular flexibility index (Phi) is 2.20. The Morgan fingerprint density at radius 3 is 2.58 bits per heavy atom. The second-order valence-corrected chi connectivity index (χ2v) is 3.53. The first-order valence-corrected chi connectivity index (χ1v) is 4.53. The van der Waals surface area contributed by atoms with Crippen LogP contribution >= 0.6 is 0 Å². The molecule has 0 saturated heterocycles. The molecule has 64 valence electrons. The number of nitrogens with zero attached hydrogens (tertiary/aromatic N) is 1. The molecule has 1 rings (SSSR count). The second kappa shape index (κ2) is 3.00. The molecule has 0 aliphatic carbocycles. The molecule has 0 aromatic carbocycles. The quantitative estimate of drug-likeness (QED) is 0.640. The van der Waals surface area contributed by atoms with Gasteiger partial charge in [0, 0.05) is 12.4 Å². The molecule has 0 spiro atoms. The molecule has 0 unspecified atom stereocenters. The van der Waals surface area contributed by atoms with E-state index in [0.29, 0.717) is 0 Å². The van der Waals surface area contributed by atoms with Crippen LogP contribution in [-0.4, -0.2) is 18.5 Å². The van der Waals surface area contributed by atoms with Crippen molar-refractivity contribution in [3.63, 3.8) is 0 Å². The van der Waals surface area contributed by atoms with Crippen molar-refractivity contribution in [1.82, 2.24) is 4.98 Å². The Morgan fingerprint density at radius 2 is 2.17 bits per heavy atom. The van der Waals surface area contributed by atoms with Crippen LogP contribution in [0.15, 0.2) is 24.5 Å². The van der Waals surface area contributed by atoms with E-state index in [1.54, 1.807) is 0 Å². The average molecular weight is 186 g/mol. The SMILES string of the molecule is NS(=O)(=O)C(=O)c1cccnc1. The van der Waals surface area contributed by atoms with Gasteiger partial charge in [0.15, 0.2) is 0 Å². The topological polar surface area (TPSA) is 90.1 Å². The van der Waals surface area contributed by atoms with Crippen LogP contribution in [0.2, 0.25) is 0 Å². The lowest BCUT2D eigenvalue weighted by atomic mass is 10.3. The zero-order valence-electron chi connectivity index (χ0n) is 5.97. The summed E-state index contributed by atoms with van der Waals surface area (Å²) in [5.41, 5.74) is -0.0278. The summed E-state index contributed by atoms with van der Waals surface area (Å²) in [5, 5.41) is 3.49. The number of sulfonamides is 1. The summed E-state index contributed by atoms with van der Waals surface area (Å²) in [6.45, 7) is 0. The monoisotopic (exact) mass is 186 g/mol. The lowest BCUT2D eigenvalue weighted by molar-refractivity contribution is 0.107. The maximum absolute atomic E-state index is 10.9. The number of nitrogens with two attached hydrogens (primary N) is 1. The van der Waals surface area contributed by atoms with Crippen molar-refractivity contribution in [3.05, 3.63) is 30.1 Å². The molecule has 0 atom stereocenters. The molecule has 0 radical (unpaired) electrons. The molecule has 0 amide bonds. The predicted octanol–water partition coefficient (Wildman–Crippen LogP) is -0.490. The van der Waals surface area contributed by atoms with Crippen LogP contribution in [0.5, 0.6) is 0 Å². The number of carbonyl (C=O) groups excluding carboxylic acids is 1. The normalized spacial score (nSPS) is 11.1. The number of rotatable bonds is 1. The number of pyridine rings is 1. The van der Waals surface area contributed by atoms with Crippen molar-refractivity contribution in [3.8, 4) is 0 Å². The summed E-state index contributed by atoms with van der Waals surface area (Å²) in [6.07, 6.45) is 2.58. The lowest BCUT2D eigenvalue weighted by Gasteiger charge is -1.94. The second-order valence-electron chi connectivity index (χ2n) is 2.07. The molecule has 12 heavy (non-hydrogen) atoms. The Morgan fingerprint density at radius 1 is 1.50 bits per heavy atom. The summed E-state index contributed by atoms with van der Waals surface area (Å²) in [7, 11) is -4.13. The maximum Gasteiger partial charge on any atom is 0.292 e. The van der Waals surface area contributed by atoms with E-state index in [9.17, 15) is 13.2 Å². The fourth-order valence-electron chi connectivity index (χ4n) is 0.648. The van der Waals surface area contributed by atoms with E-state index >= 15 is 0 Å². The number of aromatic nitrogens is 1. The molecule has 1 aromatic heterocycles. The van der Waals surface area contributed by atoms with E-state index in [0.717, 1.165) is 6.20 Å². The first kappa shape index (κ1) is 8.82. The van der Waals surface area contributed by atoms with Gasteiger partial charge in [-0.3, -0.25) is 9.78 Å². The van der Waals surface area contributed by atoms with Gasteiger partial charge >= 0.3 is 0 Å². The van der Waals surface area contributed by atoms with Crippen LogP contribution in [0.4, 0.5) is 0 Å². The zero-order chi connectivity index (χ0) is 9.19. The summed E-state index contributed by atoms with van der Waals surface area (Å²) in [4.78, 5) is 14.5. The molecule has 1 heterocycles. The third-order valence-electron chi connectivity index (χ3n) is 1.16. The fourth-order valence-corrected chi connectivity index (χ4v) is 1.10. The van der Waals surface area contributed by atoms with E-state index in [-0.39, 0.29) is 5.56 Å². The van der Waals surface area contributed by atoms with E-state index in [1.165, 1.54) is 18.3 Å². The highest BCUT2D eigenvalue weighted by molar-refractivity contribution is 8.04. The Balaban J connectivity index is 3.11. The van der Waals surface area contributed by atoms with Crippen LogP contribution < -0.4 is 5.14 Å². The molecule has 2 N–H and O–H groups in total. The Labute approximate surface area is 69.3 Å². The number of carbonyl (C=O) groups is 1. The van der Waals surface area contributed by atoms with E-state index in [4.69, 9.17) is 0 Å². The summed E-state index contributed by atoms with van der Waals surface area (Å²) < 4.78 is 21.1. The molecule has 1 aromatic rings. The van der Waals surface area contributed by atoms with Crippen molar-refractivity contribution in [2.75, 3.05) is 0 Å². The molecular weight excluding hydrogens is 180 g/mol. The van der Waals surface area contributed by atoms with E-state index in [2.05, 4.69) is 10.1 Å². The maximum atomic E-state index is 10.9. The first-order valence-electron chi connectivity index (χ1n) is 2.99. The van der Waals surface area contributed by atoms with Crippen molar-refractivity contribution < 1.29 is 13.2 Å². The standard InChI is InChI=1S/C6H6N2O3S/c7-12(10,11)6(9)5-2-1-3-8-4-5/h1-4H,(H2,7,10,11). The van der Waals surface area contributed by atoms with Crippen LogP contribution in [0.3, 0.4) is 0 Å². The van der Waals surface area contributed by atoms with Gasteiger partial charge in [-0.05, 0) is 12.1 Å². The van der Waals surface area contributed by atoms with Gasteiger partial charge in [-0.1, -0.05) is 0 Å². The van der Waals surface area contributed by atoms with Crippen LogP contribution in [0, 0.1) is 0 Å². The van der Waals surface area contributed by atoms with Crippen molar-refractivity contribution in [2.45, 2.75) is 0 Å². The molecular formula is C6H6N2O3S. The van der Waals surface area contributed by atoms with Crippen molar-refractivity contribution >= 4 is 15.1 Å². The van der Waals surface area contributed by atoms with Crippen molar-refractivity contribution in [1.29, 1.82) is 0 Å². The third kappa shape index (κ3) is 1.86. The third-order valence-corrected chi connectivity index (χ3v) is 1.91. The van der Waals surface area contributed by atoms with Crippen molar-refractivity contribution in [2.24, 2.45) is 5.14 Å². The summed E-state index contributed by atoms with van der Waals surface area (Å²) >= 11 is 0. The molecule has 0 bridgehead atoms. The van der Waals surface area contributed by atoms with Gasteiger partial charge in [-0.2, -0.15) is 0 Å². The van der Waals surface area contributed by atoms with Crippen LogP contribution in [0.1, 0.15) is 10.4 Å². The van der Waals surface area contributed by atoms with E-state index in [1.807, 2.05) is 0 Å². The smallest absolute Gasteiger partial charge is 0.274 e. The minimum absolute atomic E-state index is 0.0278. The Hall–Kier alpha value is -1.27. The number of hydrogen-bond acceptors (Lipinski definition) is 4. The van der Waals surface area contributed by atoms with Gasteiger partial charge in [0.1, 0.15) is 0 Å². The van der Waals surface area contributed by atoms with Crippen LogP contribution in [0.25, 0.3) is 0 Å². The molecule has 0 aliphatic rings. The molecule has 0 aliphatic heterocycles. The highest BCUT2D eigenvalue weighted by atomic mass is 32.2. The van der Waals surface area contributed by atoms with Gasteiger partial charge in [0.05, 0.1) is 5.56 Å². The van der Waals surface area contributed by atoms with Crippen LogP contribution in [-0.2, 0) is 10.0 Å². The minimum Gasteiger partial charge on any atom is -0.274 e. The minimum atomic E-state index is -4.13. The van der Waals surface area contributed by atoms with Gasteiger partial charge in [-0.25, -0.2) is 13.6 Å². The molecule has 0 saturated carbocycles. The lowest BCUT2D eigenvalue weighted by Crippen LogP contribution is -2.23. The van der Waals surface area contributed by atoms with Gasteiger partial charge in [-0.15, -0.1) is 0 Å². The molecule has 6 heteroatoms. The number of hydrogen-bond donors (Lipinski definition) is 1. The highest BCUT2D eigenvalue weighted by Crippen LogP contribution is 1.99. The largest absolute Gasteiger partial charge is 0.292 e. The first-order chi connectivity index (χ1) is 5.52. The molecule has 0 fully saturated rings. The Bertz CT molecular complexity index is 385. The highest BCUT2D eigenvalue weighted by Gasteiger charge is 2.18. The van der Waals surface area contributed by atoms with Gasteiger partial charge in [0.2, 0.25) is 0 Å². The van der Waals surface area contributed by atoms with Gasteiger partial charge in [0.25, 0.3) is 15.1 Å². The average Bonchev–Trinajstić information content (AvgIpc) is 2.03. The predicted molar refractivity (Wildman–Crippen MR) is 41.7 cm³/mol. The summed E-state index contributed by atoms with van der Waals surface area (Å²) in [5.74, 6) is 0. The van der Waals surface area contributed by atoms with Gasteiger partial charge < -0.3 is 0 Å². The van der Waals surface area contributed by atoms with E-state index < -0.39 is 15.1 Å². The fraction of sp³-hybridized carbons (Fsp3) is 0. The number of primary sulfonamides is 1. The summed E-state index contributed by atoms with van der Waals surface area (Å²) in [6, 6.07) is 2.79. The zero-order valence-corrected chi connectivity index (χ0v) is 6.78.